The van der Waals surface area contributed by atoms with Gasteiger partial charge in [0.25, 0.3) is 0 Å². The van der Waals surface area contributed by atoms with Crippen LogP contribution in [0.25, 0.3) is 0 Å². The molecule has 100 valence electrons. The Bertz CT molecular complexity index is 386. The molecule has 0 radical (unpaired) electrons. The summed E-state index contributed by atoms with van der Waals surface area (Å²) in [6.07, 6.45) is 2.52. The predicted octanol–water partition coefficient (Wildman–Crippen LogP) is 2.71. The number of hydrogen-bond donors (Lipinski definition) is 1. The number of rotatable bonds is 4. The lowest BCUT2D eigenvalue weighted by molar-refractivity contribution is 0.166. The van der Waals surface area contributed by atoms with Crippen molar-refractivity contribution in [3.63, 3.8) is 0 Å². The Kier molecular flexibility index (Phi) is 4.72. The molecule has 1 aliphatic rings. The highest BCUT2D eigenvalue weighted by Crippen LogP contribution is 2.17. The van der Waals surface area contributed by atoms with Crippen molar-refractivity contribution in [1.82, 2.24) is 10.2 Å². The van der Waals surface area contributed by atoms with Crippen LogP contribution in [0.3, 0.4) is 0 Å². The second-order valence-electron chi connectivity index (χ2n) is 5.13. The van der Waals surface area contributed by atoms with Crippen LogP contribution in [0.1, 0.15) is 30.9 Å². The summed E-state index contributed by atoms with van der Waals surface area (Å²) < 4.78 is 13.1. The number of benzene rings is 1. The summed E-state index contributed by atoms with van der Waals surface area (Å²) in [6, 6.07) is 5.73. The molecule has 2 rings (SSSR count). The lowest BCUT2D eigenvalue weighted by atomic mass is 10.0. The number of likely N-dealkylation sites (N-methyl/N-ethyl adjacent to an activating group) is 1. The van der Waals surface area contributed by atoms with Gasteiger partial charge in [0.15, 0.2) is 0 Å². The highest BCUT2D eigenvalue weighted by Gasteiger charge is 2.20. The van der Waals surface area contributed by atoms with Crippen molar-refractivity contribution in [3.8, 4) is 0 Å². The van der Waals surface area contributed by atoms with Crippen molar-refractivity contribution in [2.24, 2.45) is 0 Å². The first kappa shape index (κ1) is 13.5. The molecule has 18 heavy (non-hydrogen) atoms. The average Bonchev–Trinajstić information content (AvgIpc) is 2.39. The third-order valence-electron chi connectivity index (χ3n) is 3.87. The van der Waals surface area contributed by atoms with Gasteiger partial charge in [-0.3, -0.25) is 4.90 Å². The first-order valence-electron chi connectivity index (χ1n) is 6.90. The summed E-state index contributed by atoms with van der Waals surface area (Å²) in [4.78, 5) is 2.49. The quantitative estimate of drug-likeness (QED) is 0.884. The number of hydrogen-bond acceptors (Lipinski definition) is 2. The molecule has 1 fully saturated rings. The first-order valence-corrected chi connectivity index (χ1v) is 6.90. The van der Waals surface area contributed by atoms with E-state index in [4.69, 9.17) is 0 Å². The maximum Gasteiger partial charge on any atom is 0.123 e. The maximum atomic E-state index is 13.1. The second-order valence-corrected chi connectivity index (χ2v) is 5.13. The number of nitrogens with one attached hydrogen (secondary N) is 1. The van der Waals surface area contributed by atoms with Crippen molar-refractivity contribution in [1.29, 1.82) is 0 Å². The topological polar surface area (TPSA) is 15.3 Å². The minimum atomic E-state index is -0.140. The van der Waals surface area contributed by atoms with Crippen LogP contribution in [0.4, 0.5) is 4.39 Å². The molecule has 0 aromatic heterocycles. The lowest BCUT2D eigenvalue weighted by Gasteiger charge is -2.34. The molecule has 0 aliphatic carbocycles. The van der Waals surface area contributed by atoms with E-state index in [2.05, 4.69) is 17.1 Å². The molecule has 1 N–H and O–H groups in total. The van der Waals surface area contributed by atoms with Crippen LogP contribution in [0, 0.1) is 12.7 Å². The molecule has 2 nitrogen and oxygen atoms in total. The van der Waals surface area contributed by atoms with E-state index in [-0.39, 0.29) is 5.82 Å². The summed E-state index contributed by atoms with van der Waals surface area (Å²) in [7, 11) is 0. The third kappa shape index (κ3) is 3.30. The Morgan fingerprint density at radius 2 is 2.28 bits per heavy atom. The highest BCUT2D eigenvalue weighted by molar-refractivity contribution is 5.26. The van der Waals surface area contributed by atoms with Gasteiger partial charge in [0.2, 0.25) is 0 Å². The summed E-state index contributed by atoms with van der Waals surface area (Å²) in [5.74, 6) is -0.140. The molecule has 1 heterocycles. The standard InChI is InChI=1S/C15H23FN2/c1-3-18(15-5-4-8-17-10-15)11-13-6-7-14(16)9-12(13)2/h6-7,9,15,17H,3-5,8,10-11H2,1-2H3. The molecular weight excluding hydrogens is 227 g/mol. The van der Waals surface area contributed by atoms with E-state index >= 15 is 0 Å². The van der Waals surface area contributed by atoms with Gasteiger partial charge >= 0.3 is 0 Å². The van der Waals surface area contributed by atoms with Crippen molar-refractivity contribution >= 4 is 0 Å². The molecule has 1 aromatic rings. The molecule has 0 spiro atoms. The lowest BCUT2D eigenvalue weighted by Crippen LogP contribution is -2.45. The molecule has 1 saturated heterocycles. The molecule has 1 aliphatic heterocycles. The summed E-state index contributed by atoms with van der Waals surface area (Å²) in [5.41, 5.74) is 2.29. The van der Waals surface area contributed by atoms with Crippen LogP contribution in [0.2, 0.25) is 0 Å². The van der Waals surface area contributed by atoms with Gasteiger partial charge in [0.05, 0.1) is 0 Å². The SMILES string of the molecule is CCN(Cc1ccc(F)cc1C)C1CCCNC1. The van der Waals surface area contributed by atoms with E-state index in [1.165, 1.54) is 18.4 Å². The van der Waals surface area contributed by atoms with Gasteiger partial charge in [0, 0.05) is 19.1 Å². The molecule has 0 bridgehead atoms. The van der Waals surface area contributed by atoms with E-state index < -0.39 is 0 Å². The van der Waals surface area contributed by atoms with E-state index in [9.17, 15) is 4.39 Å². The predicted molar refractivity (Wildman–Crippen MR) is 73.1 cm³/mol. The maximum absolute atomic E-state index is 13.1. The third-order valence-corrected chi connectivity index (χ3v) is 3.87. The number of nitrogens with zero attached hydrogens (tertiary/aromatic N) is 1. The number of piperidine rings is 1. The van der Waals surface area contributed by atoms with Crippen LogP contribution in [0.5, 0.6) is 0 Å². The Morgan fingerprint density at radius 1 is 1.44 bits per heavy atom. The van der Waals surface area contributed by atoms with Gasteiger partial charge in [-0.05, 0) is 56.1 Å². The molecule has 1 unspecified atom stereocenters. The largest absolute Gasteiger partial charge is 0.315 e. The van der Waals surface area contributed by atoms with Gasteiger partial charge in [-0.25, -0.2) is 4.39 Å². The average molecular weight is 250 g/mol. The van der Waals surface area contributed by atoms with Gasteiger partial charge in [0.1, 0.15) is 5.82 Å². The van der Waals surface area contributed by atoms with Crippen molar-refractivity contribution < 1.29 is 4.39 Å². The van der Waals surface area contributed by atoms with Crippen LogP contribution >= 0.6 is 0 Å². The Balaban J connectivity index is 2.04. The van der Waals surface area contributed by atoms with Crippen LogP contribution in [0.15, 0.2) is 18.2 Å². The normalized spacial score (nSPS) is 20.3. The van der Waals surface area contributed by atoms with Crippen LogP contribution < -0.4 is 5.32 Å². The van der Waals surface area contributed by atoms with E-state index in [0.717, 1.165) is 31.7 Å². The molecular formula is C15H23FN2. The van der Waals surface area contributed by atoms with E-state index in [0.29, 0.717) is 6.04 Å². The molecule has 1 aromatic carbocycles. The van der Waals surface area contributed by atoms with E-state index in [1.807, 2.05) is 13.0 Å². The Hall–Kier alpha value is -0.930. The molecule has 1 atom stereocenters. The van der Waals surface area contributed by atoms with Gasteiger partial charge in [-0.15, -0.1) is 0 Å². The van der Waals surface area contributed by atoms with Crippen LogP contribution in [-0.2, 0) is 6.54 Å². The zero-order valence-electron chi connectivity index (χ0n) is 11.4. The minimum Gasteiger partial charge on any atom is -0.315 e. The van der Waals surface area contributed by atoms with Crippen LogP contribution in [-0.4, -0.2) is 30.6 Å². The van der Waals surface area contributed by atoms with Gasteiger partial charge in [-0.2, -0.15) is 0 Å². The summed E-state index contributed by atoms with van der Waals surface area (Å²) in [6.45, 7) is 8.38. The smallest absolute Gasteiger partial charge is 0.123 e. The van der Waals surface area contributed by atoms with Gasteiger partial charge < -0.3 is 5.32 Å². The fraction of sp³-hybridized carbons (Fsp3) is 0.600. The second kappa shape index (κ2) is 6.30. The first-order chi connectivity index (χ1) is 8.70. The fourth-order valence-corrected chi connectivity index (χ4v) is 2.70. The monoisotopic (exact) mass is 250 g/mol. The molecule has 0 amide bonds. The number of halogens is 1. The molecule has 3 heteroatoms. The molecule has 0 saturated carbocycles. The van der Waals surface area contributed by atoms with Crippen molar-refractivity contribution in [2.45, 2.75) is 39.3 Å². The fourth-order valence-electron chi connectivity index (χ4n) is 2.70. The highest BCUT2D eigenvalue weighted by atomic mass is 19.1. The number of aryl methyl sites for hydroxylation is 1. The Morgan fingerprint density at radius 3 is 2.89 bits per heavy atom. The van der Waals surface area contributed by atoms with Crippen molar-refractivity contribution in [2.75, 3.05) is 19.6 Å². The zero-order valence-corrected chi connectivity index (χ0v) is 11.4. The van der Waals surface area contributed by atoms with Gasteiger partial charge in [-0.1, -0.05) is 13.0 Å². The van der Waals surface area contributed by atoms with E-state index in [1.54, 1.807) is 12.1 Å². The minimum absolute atomic E-state index is 0.140. The van der Waals surface area contributed by atoms with Crippen molar-refractivity contribution in [3.05, 3.63) is 35.1 Å². The zero-order chi connectivity index (χ0) is 13.0. The summed E-state index contributed by atoms with van der Waals surface area (Å²) in [5, 5.41) is 3.46. The Labute approximate surface area is 109 Å². The summed E-state index contributed by atoms with van der Waals surface area (Å²) >= 11 is 0.